The van der Waals surface area contributed by atoms with Crippen molar-refractivity contribution in [3.05, 3.63) is 26.5 Å². The van der Waals surface area contributed by atoms with Gasteiger partial charge in [-0.2, -0.15) is 0 Å². The van der Waals surface area contributed by atoms with Crippen molar-refractivity contribution in [2.75, 3.05) is 5.73 Å². The molecule has 0 fully saturated rings. The molecule has 0 unspecified atom stereocenters. The van der Waals surface area contributed by atoms with E-state index in [1.165, 1.54) is 5.56 Å². The highest BCUT2D eigenvalue weighted by atomic mass is 79.9. The molecule has 74 valence electrons. The molecule has 2 N–H and O–H groups in total. The molecule has 2 rings (SSSR count). The number of hydrogen-bond acceptors (Lipinski definition) is 4. The number of nitrogen functional groups attached to an aromatic ring is 1. The maximum absolute atomic E-state index is 5.60. The first-order chi connectivity index (χ1) is 6.68. The predicted octanol–water partition coefficient (Wildman–Crippen LogP) is 2.04. The van der Waals surface area contributed by atoms with E-state index in [1.807, 2.05) is 12.3 Å². The summed E-state index contributed by atoms with van der Waals surface area (Å²) in [5.41, 5.74) is 7.71. The summed E-state index contributed by atoms with van der Waals surface area (Å²) in [6.45, 7) is 2.62. The summed E-state index contributed by atoms with van der Waals surface area (Å²) in [5.74, 6) is 0.497. The van der Waals surface area contributed by atoms with E-state index in [9.17, 15) is 0 Å². The standard InChI is InChI=1S/C8H9BrN4S/c1-5-8(10)11-12-13(5)4-6-2-3-14-7(6)9/h2-3H,4,10H2,1H3. The van der Waals surface area contributed by atoms with Gasteiger partial charge in [0.1, 0.15) is 0 Å². The van der Waals surface area contributed by atoms with Crippen LogP contribution in [0.4, 0.5) is 5.82 Å². The maximum Gasteiger partial charge on any atom is 0.168 e. The summed E-state index contributed by atoms with van der Waals surface area (Å²) >= 11 is 5.14. The quantitative estimate of drug-likeness (QED) is 0.911. The van der Waals surface area contributed by atoms with Gasteiger partial charge >= 0.3 is 0 Å². The van der Waals surface area contributed by atoms with E-state index in [4.69, 9.17) is 5.73 Å². The van der Waals surface area contributed by atoms with Crippen molar-refractivity contribution >= 4 is 33.1 Å². The van der Waals surface area contributed by atoms with Gasteiger partial charge in [0.15, 0.2) is 5.82 Å². The molecular formula is C8H9BrN4S. The van der Waals surface area contributed by atoms with E-state index in [0.717, 1.165) is 9.48 Å². The normalized spacial score (nSPS) is 10.7. The fraction of sp³-hybridized carbons (Fsp3) is 0.250. The van der Waals surface area contributed by atoms with Gasteiger partial charge < -0.3 is 5.73 Å². The summed E-state index contributed by atoms with van der Waals surface area (Å²) in [6.07, 6.45) is 0. The van der Waals surface area contributed by atoms with Crippen LogP contribution in [0.1, 0.15) is 11.3 Å². The van der Waals surface area contributed by atoms with Crippen LogP contribution in [-0.2, 0) is 6.54 Å². The third-order valence-electron chi connectivity index (χ3n) is 2.03. The SMILES string of the molecule is Cc1c(N)nnn1Cc1ccsc1Br. The van der Waals surface area contributed by atoms with Crippen molar-refractivity contribution in [2.24, 2.45) is 0 Å². The Morgan fingerprint density at radius 3 is 2.93 bits per heavy atom. The summed E-state index contributed by atoms with van der Waals surface area (Å²) < 4.78 is 2.92. The zero-order valence-electron chi connectivity index (χ0n) is 7.57. The Kier molecular flexibility index (Phi) is 2.56. The van der Waals surface area contributed by atoms with E-state index >= 15 is 0 Å². The minimum Gasteiger partial charge on any atom is -0.381 e. The molecule has 6 heteroatoms. The van der Waals surface area contributed by atoms with Crippen LogP contribution < -0.4 is 5.73 Å². The molecule has 0 spiro atoms. The van der Waals surface area contributed by atoms with Crippen LogP contribution in [0.25, 0.3) is 0 Å². The smallest absolute Gasteiger partial charge is 0.168 e. The third kappa shape index (κ3) is 1.67. The van der Waals surface area contributed by atoms with E-state index < -0.39 is 0 Å². The Morgan fingerprint density at radius 1 is 1.64 bits per heavy atom. The Morgan fingerprint density at radius 2 is 2.43 bits per heavy atom. The second-order valence-electron chi connectivity index (χ2n) is 2.94. The minimum atomic E-state index is 0.497. The first-order valence-corrected chi connectivity index (χ1v) is 5.73. The van der Waals surface area contributed by atoms with Gasteiger partial charge in [0, 0.05) is 0 Å². The lowest BCUT2D eigenvalue weighted by atomic mass is 10.3. The zero-order valence-corrected chi connectivity index (χ0v) is 9.97. The Bertz CT molecular complexity index is 448. The molecular weight excluding hydrogens is 264 g/mol. The van der Waals surface area contributed by atoms with E-state index in [0.29, 0.717) is 12.4 Å². The Hall–Kier alpha value is -0.880. The van der Waals surface area contributed by atoms with E-state index in [2.05, 4.69) is 32.3 Å². The molecule has 0 saturated carbocycles. The van der Waals surface area contributed by atoms with Gasteiger partial charge in [-0.1, -0.05) is 5.21 Å². The summed E-state index contributed by atoms with van der Waals surface area (Å²) in [4.78, 5) is 0. The molecule has 2 aromatic heterocycles. The van der Waals surface area contributed by atoms with Crippen molar-refractivity contribution in [2.45, 2.75) is 13.5 Å². The summed E-state index contributed by atoms with van der Waals surface area (Å²) in [7, 11) is 0. The highest BCUT2D eigenvalue weighted by molar-refractivity contribution is 9.11. The second-order valence-corrected chi connectivity index (χ2v) is 5.17. The van der Waals surface area contributed by atoms with E-state index in [1.54, 1.807) is 16.0 Å². The lowest BCUT2D eigenvalue weighted by Gasteiger charge is -2.01. The van der Waals surface area contributed by atoms with Gasteiger partial charge in [-0.15, -0.1) is 16.4 Å². The number of rotatable bonds is 2. The zero-order chi connectivity index (χ0) is 10.1. The predicted molar refractivity (Wildman–Crippen MR) is 60.3 cm³/mol. The number of thiophene rings is 1. The number of hydrogen-bond donors (Lipinski definition) is 1. The van der Waals surface area contributed by atoms with Crippen molar-refractivity contribution in [1.82, 2.24) is 15.0 Å². The second kappa shape index (κ2) is 3.70. The maximum atomic E-state index is 5.60. The lowest BCUT2D eigenvalue weighted by molar-refractivity contribution is 0.633. The van der Waals surface area contributed by atoms with Gasteiger partial charge in [-0.3, -0.25) is 0 Å². The van der Waals surface area contributed by atoms with Crippen LogP contribution in [0, 0.1) is 6.92 Å². The van der Waals surface area contributed by atoms with Crippen LogP contribution in [0.15, 0.2) is 15.2 Å². The van der Waals surface area contributed by atoms with Crippen LogP contribution in [-0.4, -0.2) is 15.0 Å². The summed E-state index contributed by atoms with van der Waals surface area (Å²) in [5, 5.41) is 9.80. The fourth-order valence-corrected chi connectivity index (χ4v) is 2.33. The lowest BCUT2D eigenvalue weighted by Crippen LogP contribution is -2.03. The number of anilines is 1. The Labute approximate surface area is 93.9 Å². The molecule has 0 radical (unpaired) electrons. The number of aromatic nitrogens is 3. The number of nitrogens with zero attached hydrogens (tertiary/aromatic N) is 3. The molecule has 0 aliphatic heterocycles. The molecule has 0 aliphatic rings. The molecule has 14 heavy (non-hydrogen) atoms. The van der Waals surface area contributed by atoms with Crippen molar-refractivity contribution < 1.29 is 0 Å². The average molecular weight is 273 g/mol. The van der Waals surface area contributed by atoms with Gasteiger partial charge in [0.05, 0.1) is 16.0 Å². The first-order valence-electron chi connectivity index (χ1n) is 4.06. The molecule has 2 heterocycles. The molecule has 0 aromatic carbocycles. The largest absolute Gasteiger partial charge is 0.381 e. The van der Waals surface area contributed by atoms with Gasteiger partial charge in [-0.25, -0.2) is 4.68 Å². The van der Waals surface area contributed by atoms with Gasteiger partial charge in [-0.05, 0) is 39.9 Å². The topological polar surface area (TPSA) is 56.7 Å². The van der Waals surface area contributed by atoms with Crippen molar-refractivity contribution in [1.29, 1.82) is 0 Å². The summed E-state index contributed by atoms with van der Waals surface area (Å²) in [6, 6.07) is 2.06. The van der Waals surface area contributed by atoms with Crippen LogP contribution in [0.2, 0.25) is 0 Å². The van der Waals surface area contributed by atoms with Gasteiger partial charge in [0.25, 0.3) is 0 Å². The van der Waals surface area contributed by atoms with Crippen LogP contribution >= 0.6 is 27.3 Å². The van der Waals surface area contributed by atoms with Crippen LogP contribution in [0.5, 0.6) is 0 Å². The molecule has 0 aliphatic carbocycles. The highest BCUT2D eigenvalue weighted by Crippen LogP contribution is 2.24. The van der Waals surface area contributed by atoms with Crippen LogP contribution in [0.3, 0.4) is 0 Å². The molecule has 0 saturated heterocycles. The number of nitrogens with two attached hydrogens (primary N) is 1. The van der Waals surface area contributed by atoms with Crippen molar-refractivity contribution in [3.63, 3.8) is 0 Å². The van der Waals surface area contributed by atoms with Crippen molar-refractivity contribution in [3.8, 4) is 0 Å². The average Bonchev–Trinajstić information content (AvgIpc) is 2.68. The van der Waals surface area contributed by atoms with E-state index in [-0.39, 0.29) is 0 Å². The molecule has 0 bridgehead atoms. The molecule has 0 atom stereocenters. The fourth-order valence-electron chi connectivity index (χ4n) is 1.12. The first kappa shape index (κ1) is 9.67. The third-order valence-corrected chi connectivity index (χ3v) is 3.84. The highest BCUT2D eigenvalue weighted by Gasteiger charge is 2.07. The van der Waals surface area contributed by atoms with Gasteiger partial charge in [0.2, 0.25) is 0 Å². The Balaban J connectivity index is 2.27. The molecule has 0 amide bonds. The number of halogens is 1. The molecule has 4 nitrogen and oxygen atoms in total. The minimum absolute atomic E-state index is 0.497. The monoisotopic (exact) mass is 272 g/mol. The molecule has 2 aromatic rings.